The summed E-state index contributed by atoms with van der Waals surface area (Å²) in [7, 11) is 1.47. The van der Waals surface area contributed by atoms with Gasteiger partial charge in [-0.05, 0) is 30.3 Å². The first-order chi connectivity index (χ1) is 18.6. The van der Waals surface area contributed by atoms with Crippen LogP contribution in [0.4, 0.5) is 14.5 Å². The summed E-state index contributed by atoms with van der Waals surface area (Å²) in [6, 6.07) is 8.57. The number of nitrogens with zero attached hydrogens (tertiary/aromatic N) is 5. The maximum Gasteiger partial charge on any atom is 0.291 e. The number of aromatic nitrogens is 2. The van der Waals surface area contributed by atoms with Gasteiger partial charge >= 0.3 is 0 Å². The summed E-state index contributed by atoms with van der Waals surface area (Å²) in [5, 5.41) is 11.3. The van der Waals surface area contributed by atoms with Crippen LogP contribution in [-0.4, -0.2) is 69.9 Å². The molecule has 1 aliphatic heterocycles. The molecule has 1 saturated heterocycles. The van der Waals surface area contributed by atoms with Gasteiger partial charge in [0.15, 0.2) is 24.0 Å². The topological polar surface area (TPSA) is 121 Å². The van der Waals surface area contributed by atoms with Crippen LogP contribution in [0.1, 0.15) is 27.9 Å². The van der Waals surface area contributed by atoms with Crippen molar-refractivity contribution in [3.8, 4) is 23.1 Å². The number of anilines is 1. The third-order valence-corrected chi connectivity index (χ3v) is 6.59. The van der Waals surface area contributed by atoms with Crippen molar-refractivity contribution in [2.75, 3.05) is 38.1 Å². The van der Waals surface area contributed by atoms with Gasteiger partial charge in [0, 0.05) is 51.4 Å². The second kappa shape index (κ2) is 11.5. The van der Waals surface area contributed by atoms with E-state index in [0.717, 1.165) is 0 Å². The van der Waals surface area contributed by atoms with Crippen molar-refractivity contribution in [1.29, 1.82) is 5.26 Å². The fourth-order valence-corrected chi connectivity index (χ4v) is 4.43. The van der Waals surface area contributed by atoms with Crippen molar-refractivity contribution >= 4 is 35.0 Å². The number of nitriles is 1. The fourth-order valence-electron chi connectivity index (χ4n) is 4.17. The Balaban J connectivity index is 1.47. The van der Waals surface area contributed by atoms with Crippen LogP contribution in [0.2, 0.25) is 5.02 Å². The quantitative estimate of drug-likeness (QED) is 0.496. The summed E-state index contributed by atoms with van der Waals surface area (Å²) in [6.07, 6.45) is 1.23. The predicted octanol–water partition coefficient (Wildman–Crippen LogP) is 3.48. The number of carbonyl (C=O) groups excluding carboxylic acids is 3. The average molecular weight is 557 g/mol. The molecule has 2 heterocycles. The van der Waals surface area contributed by atoms with E-state index < -0.39 is 29.9 Å². The third-order valence-electron chi connectivity index (χ3n) is 6.28. The van der Waals surface area contributed by atoms with Gasteiger partial charge in [0.25, 0.3) is 11.8 Å². The highest BCUT2D eigenvalue weighted by Crippen LogP contribution is 2.30. The lowest BCUT2D eigenvalue weighted by molar-refractivity contribution is -0.130. The molecule has 1 N–H and O–H groups in total. The van der Waals surface area contributed by atoms with Gasteiger partial charge in [-0.25, -0.2) is 9.37 Å². The van der Waals surface area contributed by atoms with Crippen molar-refractivity contribution in [2.45, 2.75) is 6.92 Å². The summed E-state index contributed by atoms with van der Waals surface area (Å²) >= 11 is 6.35. The van der Waals surface area contributed by atoms with Crippen LogP contribution in [0.25, 0.3) is 11.3 Å². The molecule has 0 bridgehead atoms. The maximum atomic E-state index is 14.7. The first-order valence-electron chi connectivity index (χ1n) is 11.8. The van der Waals surface area contributed by atoms with E-state index in [4.69, 9.17) is 21.6 Å². The molecule has 202 valence electrons. The molecule has 2 aromatic carbocycles. The van der Waals surface area contributed by atoms with E-state index in [1.807, 2.05) is 0 Å². The number of amides is 3. The molecule has 1 aromatic heterocycles. The minimum absolute atomic E-state index is 0.0446. The van der Waals surface area contributed by atoms with Crippen LogP contribution >= 0.6 is 11.6 Å². The molecule has 10 nitrogen and oxygen atoms in total. The Morgan fingerprint density at radius 3 is 2.44 bits per heavy atom. The molecule has 3 aromatic rings. The molecule has 1 fully saturated rings. The molecule has 0 radical (unpaired) electrons. The van der Waals surface area contributed by atoms with E-state index in [9.17, 15) is 23.2 Å². The number of rotatable bonds is 6. The number of hydrogen-bond donors (Lipinski definition) is 1. The highest BCUT2D eigenvalue weighted by Gasteiger charge is 2.25. The molecule has 0 spiro atoms. The lowest BCUT2D eigenvalue weighted by Gasteiger charge is -2.34. The van der Waals surface area contributed by atoms with Gasteiger partial charge in [0.2, 0.25) is 11.7 Å². The zero-order valence-corrected chi connectivity index (χ0v) is 21.8. The van der Waals surface area contributed by atoms with E-state index in [1.54, 1.807) is 15.9 Å². The Hall–Kier alpha value is -4.50. The van der Waals surface area contributed by atoms with Crippen LogP contribution in [0.3, 0.4) is 0 Å². The van der Waals surface area contributed by atoms with Crippen LogP contribution < -0.4 is 10.1 Å². The normalized spacial score (nSPS) is 13.1. The monoisotopic (exact) mass is 556 g/mol. The smallest absolute Gasteiger partial charge is 0.291 e. The molecule has 0 unspecified atom stereocenters. The number of carbonyl (C=O) groups is 3. The van der Waals surface area contributed by atoms with Crippen molar-refractivity contribution in [2.24, 2.45) is 7.05 Å². The standard InChI is InChI=1S/C26H23ClF2N6O4/c1-15(36)34-8-10-35(11-9-34)26(38)17-4-3-16(13-19(17)27)32-25(37)24-31-14-20(33(24)2)18-5-6-21(39-12-7-30)23(29)22(18)28/h3-6,13-14H,8-12H2,1-2H3,(H,32,37). The Kier molecular flexibility index (Phi) is 8.11. The van der Waals surface area contributed by atoms with Gasteiger partial charge in [-0.3, -0.25) is 14.4 Å². The van der Waals surface area contributed by atoms with Gasteiger partial charge in [-0.2, -0.15) is 9.65 Å². The first kappa shape index (κ1) is 27.5. The van der Waals surface area contributed by atoms with Crippen LogP contribution in [-0.2, 0) is 11.8 Å². The number of imidazole rings is 1. The lowest BCUT2D eigenvalue weighted by Crippen LogP contribution is -2.50. The van der Waals surface area contributed by atoms with E-state index in [1.165, 1.54) is 55.1 Å². The zero-order chi connectivity index (χ0) is 28.3. The third kappa shape index (κ3) is 5.68. The number of ether oxygens (including phenoxy) is 1. The SMILES string of the molecule is CC(=O)N1CCN(C(=O)c2ccc(NC(=O)c3ncc(-c4ccc(OCC#N)c(F)c4F)n3C)cc2Cl)CC1. The minimum Gasteiger partial charge on any atom is -0.476 e. The highest BCUT2D eigenvalue weighted by atomic mass is 35.5. The summed E-state index contributed by atoms with van der Waals surface area (Å²) in [4.78, 5) is 44.6. The minimum atomic E-state index is -1.26. The first-order valence-corrected chi connectivity index (χ1v) is 12.2. The molecule has 1 aliphatic rings. The molecule has 39 heavy (non-hydrogen) atoms. The molecule has 3 amide bonds. The zero-order valence-electron chi connectivity index (χ0n) is 21.0. The van der Waals surface area contributed by atoms with Crippen molar-refractivity contribution in [3.05, 3.63) is 64.6 Å². The van der Waals surface area contributed by atoms with Crippen LogP contribution in [0, 0.1) is 23.0 Å². The summed E-state index contributed by atoms with van der Waals surface area (Å²) < 4.78 is 35.2. The van der Waals surface area contributed by atoms with Gasteiger partial charge in [-0.15, -0.1) is 0 Å². The van der Waals surface area contributed by atoms with Crippen LogP contribution in [0.15, 0.2) is 36.5 Å². The molecule has 0 aliphatic carbocycles. The van der Waals surface area contributed by atoms with Gasteiger partial charge in [0.05, 0.1) is 22.5 Å². The molecule has 4 rings (SSSR count). The second-order valence-electron chi connectivity index (χ2n) is 8.66. The molecule has 0 saturated carbocycles. The van der Waals surface area contributed by atoms with Gasteiger partial charge in [-0.1, -0.05) is 11.6 Å². The second-order valence-corrected chi connectivity index (χ2v) is 9.07. The maximum absolute atomic E-state index is 14.7. The Morgan fingerprint density at radius 2 is 1.79 bits per heavy atom. The van der Waals surface area contributed by atoms with E-state index in [-0.39, 0.29) is 39.5 Å². The number of hydrogen-bond acceptors (Lipinski definition) is 6. The highest BCUT2D eigenvalue weighted by molar-refractivity contribution is 6.34. The molecular weight excluding hydrogens is 534 g/mol. The van der Waals surface area contributed by atoms with Gasteiger partial charge in [0.1, 0.15) is 6.07 Å². The van der Waals surface area contributed by atoms with E-state index in [2.05, 4.69) is 10.3 Å². The number of piperazine rings is 1. The Morgan fingerprint density at radius 1 is 1.10 bits per heavy atom. The summed E-state index contributed by atoms with van der Waals surface area (Å²) in [5.74, 6) is -3.95. The van der Waals surface area contributed by atoms with E-state index >= 15 is 0 Å². The predicted molar refractivity (Wildman–Crippen MR) is 137 cm³/mol. The van der Waals surface area contributed by atoms with Gasteiger partial charge < -0.3 is 24.4 Å². The van der Waals surface area contributed by atoms with Crippen LogP contribution in [0.5, 0.6) is 5.75 Å². The number of halogens is 3. The van der Waals surface area contributed by atoms with Crippen molar-refractivity contribution < 1.29 is 27.9 Å². The molecule has 0 atom stereocenters. The van der Waals surface area contributed by atoms with Crippen molar-refractivity contribution in [1.82, 2.24) is 19.4 Å². The summed E-state index contributed by atoms with van der Waals surface area (Å²) in [5.41, 5.74) is 0.529. The van der Waals surface area contributed by atoms with E-state index in [0.29, 0.717) is 31.9 Å². The fraction of sp³-hybridized carbons (Fsp3) is 0.269. The number of nitrogens with one attached hydrogen (secondary N) is 1. The Labute approximate surface area is 227 Å². The largest absolute Gasteiger partial charge is 0.476 e. The average Bonchev–Trinajstić information content (AvgIpc) is 3.30. The number of benzene rings is 2. The van der Waals surface area contributed by atoms with Crippen molar-refractivity contribution in [3.63, 3.8) is 0 Å². The Bertz CT molecular complexity index is 1490. The molecular formula is C26H23ClF2N6O4. The molecule has 13 heteroatoms. The lowest BCUT2D eigenvalue weighted by atomic mass is 10.1. The summed E-state index contributed by atoms with van der Waals surface area (Å²) in [6.45, 7) is 2.69.